The molecule has 3 aliphatic rings. The van der Waals surface area contributed by atoms with Crippen LogP contribution in [0.5, 0.6) is 11.8 Å². The maximum Gasteiger partial charge on any atom is 0.307 e. The topological polar surface area (TPSA) is 94.9 Å². The van der Waals surface area contributed by atoms with E-state index in [0.29, 0.717) is 45.9 Å². The third-order valence-corrected chi connectivity index (χ3v) is 8.70. The minimum atomic E-state index is -0.649. The van der Waals surface area contributed by atoms with Gasteiger partial charge in [-0.1, -0.05) is 23.2 Å². The molecule has 210 valence electrons. The number of carboxylic acid groups (broad SMARTS) is 1. The fourth-order valence-electron chi connectivity index (χ4n) is 6.02. The number of fused-ring (bicyclic) bond motifs is 1. The van der Waals surface area contributed by atoms with Crippen LogP contribution >= 0.6 is 23.2 Å². The van der Waals surface area contributed by atoms with Crippen LogP contribution in [-0.2, 0) is 11.3 Å². The van der Waals surface area contributed by atoms with Gasteiger partial charge in [0.2, 0.25) is 11.8 Å². The van der Waals surface area contributed by atoms with E-state index < -0.39 is 5.97 Å². The predicted molar refractivity (Wildman–Crippen MR) is 154 cm³/mol. The molecular formula is C29H32Cl2N6O3. The molecule has 6 rings (SSSR count). The van der Waals surface area contributed by atoms with Crippen molar-refractivity contribution in [1.29, 1.82) is 0 Å². The van der Waals surface area contributed by atoms with Gasteiger partial charge in [0.25, 0.3) is 0 Å². The van der Waals surface area contributed by atoms with E-state index in [1.165, 1.54) is 0 Å². The van der Waals surface area contributed by atoms with Gasteiger partial charge in [-0.2, -0.15) is 0 Å². The number of hydrogen-bond donors (Lipinski definition) is 1. The first kappa shape index (κ1) is 27.2. The van der Waals surface area contributed by atoms with Gasteiger partial charge >= 0.3 is 5.97 Å². The Balaban J connectivity index is 1.21. The van der Waals surface area contributed by atoms with Crippen molar-refractivity contribution in [3.8, 4) is 23.0 Å². The van der Waals surface area contributed by atoms with Crippen LogP contribution in [0.25, 0.3) is 11.3 Å². The van der Waals surface area contributed by atoms with Gasteiger partial charge < -0.3 is 19.6 Å². The Kier molecular flexibility index (Phi) is 7.81. The molecule has 1 aromatic carbocycles. The highest BCUT2D eigenvalue weighted by atomic mass is 35.5. The molecule has 0 amide bonds. The van der Waals surface area contributed by atoms with Gasteiger partial charge in [-0.3, -0.25) is 9.69 Å². The second-order valence-corrected chi connectivity index (χ2v) is 11.9. The van der Waals surface area contributed by atoms with E-state index in [9.17, 15) is 9.90 Å². The number of nitrogens with zero attached hydrogens (tertiary/aromatic N) is 6. The summed E-state index contributed by atoms with van der Waals surface area (Å²) >= 11 is 12.6. The summed E-state index contributed by atoms with van der Waals surface area (Å²) in [5.74, 6) is 1.41. The molecule has 1 N–H and O–H groups in total. The fraction of sp³-hybridized carbons (Fsp3) is 0.448. The smallest absolute Gasteiger partial charge is 0.307 e. The molecule has 0 unspecified atom stereocenters. The van der Waals surface area contributed by atoms with Crippen molar-refractivity contribution in [2.24, 2.45) is 17.8 Å². The lowest BCUT2D eigenvalue weighted by atomic mass is 10.1. The lowest BCUT2D eigenvalue weighted by Crippen LogP contribution is -2.44. The Bertz CT molecular complexity index is 1350. The third kappa shape index (κ3) is 6.17. The predicted octanol–water partition coefficient (Wildman–Crippen LogP) is 4.93. The van der Waals surface area contributed by atoms with E-state index in [-0.39, 0.29) is 5.92 Å². The van der Waals surface area contributed by atoms with Crippen LogP contribution in [0.4, 0.5) is 5.82 Å². The van der Waals surface area contributed by atoms with Crippen LogP contribution < -0.4 is 9.64 Å². The van der Waals surface area contributed by atoms with Crippen LogP contribution in [-0.4, -0.2) is 82.4 Å². The van der Waals surface area contributed by atoms with Crippen molar-refractivity contribution in [1.82, 2.24) is 25.0 Å². The summed E-state index contributed by atoms with van der Waals surface area (Å²) in [5, 5.41) is 19.2. The van der Waals surface area contributed by atoms with Gasteiger partial charge in [0.1, 0.15) is 0 Å². The minimum Gasteiger partial charge on any atom is -0.481 e. The van der Waals surface area contributed by atoms with Gasteiger partial charge in [-0.15, -0.1) is 10.2 Å². The number of aliphatic carboxylic acids is 1. The van der Waals surface area contributed by atoms with Crippen molar-refractivity contribution < 1.29 is 14.6 Å². The zero-order valence-corrected chi connectivity index (χ0v) is 23.9. The molecule has 1 saturated carbocycles. The number of carboxylic acids is 1. The van der Waals surface area contributed by atoms with Crippen LogP contribution in [0, 0.1) is 17.8 Å². The van der Waals surface area contributed by atoms with E-state index in [4.69, 9.17) is 32.9 Å². The number of benzene rings is 1. The summed E-state index contributed by atoms with van der Waals surface area (Å²) in [7, 11) is 2.12. The standard InChI is InChI=1S/C29H32Cl2N6O3/c1-35-8-10-37(11-9-35)25-2-3-26(34-33-25)40-27-13-18(12-24(32-27)19-14-20(30)16-21(31)15-19)17-36-6-4-22-23(5-7-36)28(22)29(38)39/h2-3,12-16,22-23,28H,4-11,17H2,1H3,(H,38,39)/t22-,23+,28+. The Labute approximate surface area is 243 Å². The number of piperazine rings is 1. The highest BCUT2D eigenvalue weighted by molar-refractivity contribution is 6.35. The van der Waals surface area contributed by atoms with Gasteiger partial charge in [-0.05, 0) is 80.7 Å². The average molecular weight is 584 g/mol. The Morgan fingerprint density at radius 1 is 0.925 bits per heavy atom. The summed E-state index contributed by atoms with van der Waals surface area (Å²) in [6.07, 6.45) is 1.81. The Hall–Kier alpha value is -2.98. The second kappa shape index (κ2) is 11.5. The Morgan fingerprint density at radius 2 is 1.62 bits per heavy atom. The molecule has 3 fully saturated rings. The third-order valence-electron chi connectivity index (χ3n) is 8.26. The van der Waals surface area contributed by atoms with Gasteiger partial charge in [0.15, 0.2) is 5.82 Å². The van der Waals surface area contributed by atoms with Gasteiger partial charge in [-0.25, -0.2) is 4.98 Å². The molecule has 11 heteroatoms. The molecule has 4 heterocycles. The number of likely N-dealkylation sites (N-methyl/N-ethyl adjacent to an activating group) is 1. The summed E-state index contributed by atoms with van der Waals surface area (Å²) in [4.78, 5) is 23.1. The van der Waals surface area contributed by atoms with Crippen LogP contribution in [0.2, 0.25) is 10.0 Å². The number of carbonyl (C=O) groups is 1. The number of aromatic nitrogens is 3. The van der Waals surface area contributed by atoms with E-state index in [2.05, 4.69) is 31.9 Å². The summed E-state index contributed by atoms with van der Waals surface area (Å²) in [5.41, 5.74) is 2.52. The first-order valence-corrected chi connectivity index (χ1v) is 14.5. The van der Waals surface area contributed by atoms with Crippen molar-refractivity contribution in [2.45, 2.75) is 19.4 Å². The first-order chi connectivity index (χ1) is 19.3. The molecule has 2 saturated heterocycles. The fourth-order valence-corrected chi connectivity index (χ4v) is 6.55. The summed E-state index contributed by atoms with van der Waals surface area (Å²) in [6.45, 7) is 6.23. The first-order valence-electron chi connectivity index (χ1n) is 13.7. The van der Waals surface area contributed by atoms with Gasteiger partial charge in [0.05, 0.1) is 11.6 Å². The Morgan fingerprint density at radius 3 is 2.25 bits per heavy atom. The van der Waals surface area contributed by atoms with E-state index in [1.54, 1.807) is 6.07 Å². The van der Waals surface area contributed by atoms with Crippen molar-refractivity contribution >= 4 is 35.0 Å². The zero-order valence-electron chi connectivity index (χ0n) is 22.3. The number of halogens is 2. The lowest BCUT2D eigenvalue weighted by Gasteiger charge is -2.32. The highest BCUT2D eigenvalue weighted by Gasteiger charge is 2.54. The molecular weight excluding hydrogens is 551 g/mol. The summed E-state index contributed by atoms with van der Waals surface area (Å²) in [6, 6.07) is 13.1. The van der Waals surface area contributed by atoms with E-state index >= 15 is 0 Å². The van der Waals surface area contributed by atoms with Crippen LogP contribution in [0.1, 0.15) is 18.4 Å². The molecule has 9 nitrogen and oxygen atoms in total. The quantitative estimate of drug-likeness (QED) is 0.416. The van der Waals surface area contributed by atoms with Gasteiger partial charge in [0, 0.05) is 60.5 Å². The van der Waals surface area contributed by atoms with Crippen LogP contribution in [0.15, 0.2) is 42.5 Å². The average Bonchev–Trinajstić information content (AvgIpc) is 3.66. The normalized spacial score (nSPS) is 23.4. The summed E-state index contributed by atoms with van der Waals surface area (Å²) < 4.78 is 6.12. The second-order valence-electron chi connectivity index (χ2n) is 11.0. The maximum atomic E-state index is 11.5. The van der Waals surface area contributed by atoms with Crippen molar-refractivity contribution in [3.05, 3.63) is 58.1 Å². The number of ether oxygens (including phenoxy) is 1. The molecule has 3 aromatic rings. The maximum absolute atomic E-state index is 11.5. The molecule has 0 spiro atoms. The SMILES string of the molecule is CN1CCN(c2ccc(Oc3cc(CN4CC[C@@H]5[C@H](CC4)[C@H]5C(=O)O)cc(-c4cc(Cl)cc(Cl)c4)n3)nn2)CC1. The minimum absolute atomic E-state index is 0.161. The van der Waals surface area contributed by atoms with Crippen molar-refractivity contribution in [3.63, 3.8) is 0 Å². The largest absolute Gasteiger partial charge is 0.481 e. The molecule has 0 radical (unpaired) electrons. The number of likely N-dealkylation sites (tertiary alicyclic amines) is 1. The molecule has 0 bridgehead atoms. The highest BCUT2D eigenvalue weighted by Crippen LogP contribution is 2.52. The number of hydrogen-bond acceptors (Lipinski definition) is 8. The monoisotopic (exact) mass is 582 g/mol. The van der Waals surface area contributed by atoms with E-state index in [0.717, 1.165) is 69.1 Å². The number of anilines is 1. The molecule has 1 aliphatic carbocycles. The number of rotatable bonds is 7. The molecule has 2 aromatic heterocycles. The zero-order chi connectivity index (χ0) is 27.8. The molecule has 40 heavy (non-hydrogen) atoms. The molecule has 2 aliphatic heterocycles. The van der Waals surface area contributed by atoms with E-state index in [1.807, 2.05) is 36.4 Å². The molecule has 3 atom stereocenters. The lowest BCUT2D eigenvalue weighted by molar-refractivity contribution is -0.139. The van der Waals surface area contributed by atoms with Crippen molar-refractivity contribution in [2.75, 3.05) is 51.2 Å². The number of pyridine rings is 1. The van der Waals surface area contributed by atoms with Crippen LogP contribution in [0.3, 0.4) is 0 Å².